The Hall–Kier alpha value is -0.550. The number of anilines is 1. The van der Waals surface area contributed by atoms with Gasteiger partial charge in [0.05, 0.1) is 0 Å². The van der Waals surface area contributed by atoms with Crippen LogP contribution in [-0.2, 0) is 4.79 Å². The van der Waals surface area contributed by atoms with Gasteiger partial charge in [0.1, 0.15) is 0 Å². The summed E-state index contributed by atoms with van der Waals surface area (Å²) in [5.41, 5.74) is 5.97. The predicted octanol–water partition coefficient (Wildman–Crippen LogP) is 2.50. The molecule has 5 heteroatoms. The lowest BCUT2D eigenvalue weighted by Gasteiger charge is -2.07. The average Bonchev–Trinajstić information content (AvgIpc) is 2.08. The predicted molar refractivity (Wildman–Crippen MR) is 64.1 cm³/mol. The molecule has 0 unspecified atom stereocenters. The summed E-state index contributed by atoms with van der Waals surface area (Å²) in [5.74, 6) is -0.300. The minimum atomic E-state index is -0.300. The zero-order valence-corrected chi connectivity index (χ0v) is 10.6. The standard InChI is InChI=1S/C9H10Br2N2O/c10-6-1-2-8(7(11)5-6)13-4-3-9(12)14/h1-2,5,13H,3-4H2,(H2,12,14). The number of carbonyl (C=O) groups is 1. The van der Waals surface area contributed by atoms with Gasteiger partial charge in [0, 0.05) is 27.6 Å². The van der Waals surface area contributed by atoms with Gasteiger partial charge in [-0.05, 0) is 34.1 Å². The Morgan fingerprint density at radius 2 is 2.14 bits per heavy atom. The minimum Gasteiger partial charge on any atom is -0.384 e. The van der Waals surface area contributed by atoms with Crippen LogP contribution in [0.2, 0.25) is 0 Å². The van der Waals surface area contributed by atoms with E-state index in [1.807, 2.05) is 18.2 Å². The fourth-order valence-electron chi connectivity index (χ4n) is 0.953. The van der Waals surface area contributed by atoms with Crippen molar-refractivity contribution in [1.82, 2.24) is 0 Å². The first kappa shape index (κ1) is 11.5. The van der Waals surface area contributed by atoms with Gasteiger partial charge in [-0.15, -0.1) is 0 Å². The van der Waals surface area contributed by atoms with Gasteiger partial charge in [0.15, 0.2) is 0 Å². The second-order valence-electron chi connectivity index (χ2n) is 2.77. The molecule has 0 aliphatic rings. The maximum atomic E-state index is 10.5. The first-order valence-electron chi connectivity index (χ1n) is 4.07. The van der Waals surface area contributed by atoms with E-state index < -0.39 is 0 Å². The number of carbonyl (C=O) groups excluding carboxylic acids is 1. The zero-order valence-electron chi connectivity index (χ0n) is 7.39. The molecule has 0 heterocycles. The molecule has 0 atom stereocenters. The highest BCUT2D eigenvalue weighted by Crippen LogP contribution is 2.25. The van der Waals surface area contributed by atoms with E-state index in [2.05, 4.69) is 37.2 Å². The summed E-state index contributed by atoms with van der Waals surface area (Å²) >= 11 is 6.76. The number of rotatable bonds is 4. The van der Waals surface area contributed by atoms with Crippen LogP contribution in [0.15, 0.2) is 27.1 Å². The van der Waals surface area contributed by atoms with E-state index in [-0.39, 0.29) is 5.91 Å². The van der Waals surface area contributed by atoms with Crippen molar-refractivity contribution >= 4 is 43.5 Å². The zero-order chi connectivity index (χ0) is 10.6. The molecule has 0 saturated heterocycles. The van der Waals surface area contributed by atoms with Crippen molar-refractivity contribution in [2.24, 2.45) is 5.73 Å². The Bertz CT molecular complexity index is 342. The summed E-state index contributed by atoms with van der Waals surface area (Å²) in [6.45, 7) is 0.551. The van der Waals surface area contributed by atoms with Crippen LogP contribution in [0.5, 0.6) is 0 Å². The number of nitrogens with one attached hydrogen (secondary N) is 1. The van der Waals surface area contributed by atoms with E-state index in [0.29, 0.717) is 13.0 Å². The van der Waals surface area contributed by atoms with Crippen molar-refractivity contribution in [2.75, 3.05) is 11.9 Å². The van der Waals surface area contributed by atoms with Crippen LogP contribution in [0.1, 0.15) is 6.42 Å². The lowest BCUT2D eigenvalue weighted by molar-refractivity contribution is -0.117. The molecular formula is C9H10Br2N2O. The molecule has 0 aliphatic carbocycles. The summed E-state index contributed by atoms with van der Waals surface area (Å²) in [5, 5.41) is 3.10. The first-order chi connectivity index (χ1) is 6.59. The van der Waals surface area contributed by atoms with Crippen LogP contribution in [0, 0.1) is 0 Å². The van der Waals surface area contributed by atoms with Crippen molar-refractivity contribution in [3.05, 3.63) is 27.1 Å². The lowest BCUT2D eigenvalue weighted by atomic mass is 10.3. The maximum absolute atomic E-state index is 10.5. The van der Waals surface area contributed by atoms with Crippen LogP contribution in [0.25, 0.3) is 0 Å². The fourth-order valence-corrected chi connectivity index (χ4v) is 2.14. The normalized spacial score (nSPS) is 9.86. The van der Waals surface area contributed by atoms with Crippen LogP contribution >= 0.6 is 31.9 Å². The van der Waals surface area contributed by atoms with E-state index >= 15 is 0 Å². The van der Waals surface area contributed by atoms with Gasteiger partial charge >= 0.3 is 0 Å². The molecule has 0 aliphatic heterocycles. The van der Waals surface area contributed by atoms with Gasteiger partial charge in [-0.1, -0.05) is 15.9 Å². The van der Waals surface area contributed by atoms with E-state index in [9.17, 15) is 4.79 Å². The minimum absolute atomic E-state index is 0.300. The van der Waals surface area contributed by atoms with Crippen molar-refractivity contribution in [2.45, 2.75) is 6.42 Å². The van der Waals surface area contributed by atoms with Crippen LogP contribution < -0.4 is 11.1 Å². The first-order valence-corrected chi connectivity index (χ1v) is 5.65. The Labute approximate surface area is 99.3 Å². The molecule has 76 valence electrons. The van der Waals surface area contributed by atoms with Crippen molar-refractivity contribution in [3.8, 4) is 0 Å². The molecule has 0 spiro atoms. The number of benzene rings is 1. The van der Waals surface area contributed by atoms with E-state index in [4.69, 9.17) is 5.73 Å². The fraction of sp³-hybridized carbons (Fsp3) is 0.222. The number of halogens is 2. The molecule has 3 nitrogen and oxygen atoms in total. The van der Waals surface area contributed by atoms with E-state index in [1.54, 1.807) is 0 Å². The third-order valence-corrected chi connectivity index (χ3v) is 2.77. The molecular weight excluding hydrogens is 312 g/mol. The Morgan fingerprint density at radius 1 is 1.43 bits per heavy atom. The molecule has 0 aromatic heterocycles. The molecule has 0 fully saturated rings. The molecule has 1 rings (SSSR count). The smallest absolute Gasteiger partial charge is 0.219 e. The largest absolute Gasteiger partial charge is 0.384 e. The molecule has 1 aromatic rings. The van der Waals surface area contributed by atoms with E-state index in [1.165, 1.54) is 0 Å². The summed E-state index contributed by atoms with van der Waals surface area (Å²) < 4.78 is 1.96. The van der Waals surface area contributed by atoms with Gasteiger partial charge in [0.2, 0.25) is 5.91 Å². The second kappa shape index (κ2) is 5.36. The molecule has 3 N–H and O–H groups in total. The lowest BCUT2D eigenvalue weighted by Crippen LogP contribution is -2.15. The number of hydrogen-bond donors (Lipinski definition) is 2. The third kappa shape index (κ3) is 3.67. The third-order valence-electron chi connectivity index (χ3n) is 1.62. The van der Waals surface area contributed by atoms with Crippen molar-refractivity contribution in [3.63, 3.8) is 0 Å². The Balaban J connectivity index is 2.55. The van der Waals surface area contributed by atoms with Gasteiger partial charge in [0.25, 0.3) is 0 Å². The van der Waals surface area contributed by atoms with Gasteiger partial charge in [-0.3, -0.25) is 4.79 Å². The average molecular weight is 322 g/mol. The van der Waals surface area contributed by atoms with Crippen molar-refractivity contribution < 1.29 is 4.79 Å². The summed E-state index contributed by atoms with van der Waals surface area (Å²) in [6, 6.07) is 5.79. The van der Waals surface area contributed by atoms with Gasteiger partial charge in [-0.25, -0.2) is 0 Å². The van der Waals surface area contributed by atoms with Crippen LogP contribution in [-0.4, -0.2) is 12.5 Å². The summed E-state index contributed by atoms with van der Waals surface area (Å²) in [6.07, 6.45) is 0.336. The monoisotopic (exact) mass is 320 g/mol. The maximum Gasteiger partial charge on any atom is 0.219 e. The number of amides is 1. The number of nitrogens with two attached hydrogens (primary N) is 1. The molecule has 0 saturated carbocycles. The Morgan fingerprint density at radius 3 is 2.71 bits per heavy atom. The quantitative estimate of drug-likeness (QED) is 0.895. The summed E-state index contributed by atoms with van der Waals surface area (Å²) in [4.78, 5) is 10.5. The number of primary amides is 1. The molecule has 1 amide bonds. The van der Waals surface area contributed by atoms with E-state index in [0.717, 1.165) is 14.6 Å². The molecule has 0 radical (unpaired) electrons. The highest BCUT2D eigenvalue weighted by molar-refractivity contribution is 9.11. The van der Waals surface area contributed by atoms with Crippen molar-refractivity contribution in [1.29, 1.82) is 0 Å². The van der Waals surface area contributed by atoms with Crippen LogP contribution in [0.3, 0.4) is 0 Å². The highest BCUT2D eigenvalue weighted by atomic mass is 79.9. The Kier molecular flexibility index (Phi) is 4.41. The van der Waals surface area contributed by atoms with Crippen LogP contribution in [0.4, 0.5) is 5.69 Å². The topological polar surface area (TPSA) is 55.1 Å². The molecule has 1 aromatic carbocycles. The molecule has 14 heavy (non-hydrogen) atoms. The second-order valence-corrected chi connectivity index (χ2v) is 4.54. The molecule has 0 bridgehead atoms. The number of hydrogen-bond acceptors (Lipinski definition) is 2. The highest BCUT2D eigenvalue weighted by Gasteiger charge is 2.00. The van der Waals surface area contributed by atoms with Gasteiger partial charge in [-0.2, -0.15) is 0 Å². The summed E-state index contributed by atoms with van der Waals surface area (Å²) in [7, 11) is 0. The van der Waals surface area contributed by atoms with Gasteiger partial charge < -0.3 is 11.1 Å². The SMILES string of the molecule is NC(=O)CCNc1ccc(Br)cc1Br.